The summed E-state index contributed by atoms with van der Waals surface area (Å²) < 4.78 is 19.5. The summed E-state index contributed by atoms with van der Waals surface area (Å²) >= 11 is 10.5. The Balaban J connectivity index is 1.89. The number of benzene rings is 2. The summed E-state index contributed by atoms with van der Waals surface area (Å²) in [5, 5.41) is 3.16. The molecule has 2 aromatic carbocycles. The Morgan fingerprint density at radius 3 is 2.83 bits per heavy atom. The van der Waals surface area contributed by atoms with Crippen molar-refractivity contribution >= 4 is 50.9 Å². The van der Waals surface area contributed by atoms with E-state index in [-0.39, 0.29) is 17.3 Å². The topological polar surface area (TPSA) is 38.3 Å². The molecular formula is C16H14BrClFNO2S. The Labute approximate surface area is 151 Å². The normalized spacial score (nSPS) is 10.4. The minimum Gasteiger partial charge on any atom is -0.496 e. The van der Waals surface area contributed by atoms with Crippen molar-refractivity contribution in [3.8, 4) is 5.75 Å². The number of thioether (sulfide) groups is 1. The van der Waals surface area contributed by atoms with Gasteiger partial charge < -0.3 is 10.1 Å². The fourth-order valence-electron chi connectivity index (χ4n) is 1.89. The first-order chi connectivity index (χ1) is 11.0. The monoisotopic (exact) mass is 417 g/mol. The lowest BCUT2D eigenvalue weighted by Gasteiger charge is -2.09. The summed E-state index contributed by atoms with van der Waals surface area (Å²) in [6, 6.07) is 9.83. The molecule has 1 N–H and O–H groups in total. The maximum atomic E-state index is 13.7. The molecule has 23 heavy (non-hydrogen) atoms. The van der Waals surface area contributed by atoms with Gasteiger partial charge in [0.05, 0.1) is 18.6 Å². The molecule has 0 aliphatic rings. The van der Waals surface area contributed by atoms with Crippen LogP contribution in [0.4, 0.5) is 10.1 Å². The Morgan fingerprint density at radius 1 is 1.35 bits per heavy atom. The minimum absolute atomic E-state index is 0.166. The summed E-state index contributed by atoms with van der Waals surface area (Å²) in [6.07, 6.45) is 0. The van der Waals surface area contributed by atoms with Crippen LogP contribution in [-0.2, 0) is 10.5 Å². The number of hydrogen-bond acceptors (Lipinski definition) is 3. The molecule has 0 aliphatic carbocycles. The maximum absolute atomic E-state index is 13.7. The van der Waals surface area contributed by atoms with E-state index in [4.69, 9.17) is 16.3 Å². The summed E-state index contributed by atoms with van der Waals surface area (Å²) in [5.74, 6) is 0.748. The van der Waals surface area contributed by atoms with E-state index >= 15 is 0 Å². The van der Waals surface area contributed by atoms with Gasteiger partial charge in [-0.2, -0.15) is 0 Å². The van der Waals surface area contributed by atoms with Crippen molar-refractivity contribution in [1.82, 2.24) is 0 Å². The Bertz CT molecular complexity index is 714. The van der Waals surface area contributed by atoms with Gasteiger partial charge >= 0.3 is 0 Å². The summed E-state index contributed by atoms with van der Waals surface area (Å²) in [7, 11) is 1.58. The highest BCUT2D eigenvalue weighted by molar-refractivity contribution is 9.10. The number of carbonyl (C=O) groups is 1. The van der Waals surface area contributed by atoms with Gasteiger partial charge in [0.2, 0.25) is 5.91 Å². The number of nitrogens with one attached hydrogen (secondary N) is 1. The second-order valence-electron chi connectivity index (χ2n) is 4.62. The SMILES string of the molecule is COc1ccc(Cl)cc1CSCC(=O)Nc1ccc(Br)cc1F. The number of carbonyl (C=O) groups excluding carboxylic acids is 1. The second-order valence-corrected chi connectivity index (χ2v) is 6.96. The zero-order valence-corrected chi connectivity index (χ0v) is 15.4. The van der Waals surface area contributed by atoms with E-state index in [1.54, 1.807) is 31.4 Å². The number of ether oxygens (including phenoxy) is 1. The average molecular weight is 419 g/mol. The number of hydrogen-bond donors (Lipinski definition) is 1. The molecule has 2 rings (SSSR count). The number of anilines is 1. The Morgan fingerprint density at radius 2 is 2.13 bits per heavy atom. The average Bonchev–Trinajstić information content (AvgIpc) is 2.50. The van der Waals surface area contributed by atoms with Gasteiger partial charge in [-0.3, -0.25) is 4.79 Å². The fraction of sp³-hybridized carbons (Fsp3) is 0.188. The van der Waals surface area contributed by atoms with Gasteiger partial charge in [-0.25, -0.2) is 4.39 Å². The third kappa shape index (κ3) is 5.41. The zero-order chi connectivity index (χ0) is 16.8. The molecule has 0 radical (unpaired) electrons. The molecule has 0 spiro atoms. The molecule has 0 aliphatic heterocycles. The first-order valence-electron chi connectivity index (χ1n) is 6.64. The van der Waals surface area contributed by atoms with Crippen molar-refractivity contribution in [1.29, 1.82) is 0 Å². The smallest absolute Gasteiger partial charge is 0.234 e. The van der Waals surface area contributed by atoms with Gasteiger partial charge in [-0.15, -0.1) is 11.8 Å². The zero-order valence-electron chi connectivity index (χ0n) is 12.2. The van der Waals surface area contributed by atoms with Gasteiger partial charge in [-0.05, 0) is 36.4 Å². The van der Waals surface area contributed by atoms with E-state index in [0.29, 0.717) is 15.2 Å². The third-order valence-electron chi connectivity index (χ3n) is 2.94. The molecular weight excluding hydrogens is 405 g/mol. The molecule has 0 saturated carbocycles. The van der Waals surface area contributed by atoms with E-state index < -0.39 is 5.82 Å². The fourth-order valence-corrected chi connectivity index (χ4v) is 3.22. The van der Waals surface area contributed by atoms with Crippen LogP contribution in [0.15, 0.2) is 40.9 Å². The molecule has 0 unspecified atom stereocenters. The predicted molar refractivity (Wildman–Crippen MR) is 96.9 cm³/mol. The van der Waals surface area contributed by atoms with Crippen molar-refractivity contribution in [3.63, 3.8) is 0 Å². The minimum atomic E-state index is -0.478. The highest BCUT2D eigenvalue weighted by Crippen LogP contribution is 2.26. The third-order valence-corrected chi connectivity index (χ3v) is 4.65. The van der Waals surface area contributed by atoms with E-state index in [1.165, 1.54) is 23.9 Å². The van der Waals surface area contributed by atoms with Crippen LogP contribution in [0.5, 0.6) is 5.75 Å². The number of halogens is 3. The van der Waals surface area contributed by atoms with E-state index in [9.17, 15) is 9.18 Å². The molecule has 1 amide bonds. The Hall–Kier alpha value is -1.24. The molecule has 7 heteroatoms. The second kappa shape index (κ2) is 8.57. The molecule has 0 heterocycles. The first-order valence-corrected chi connectivity index (χ1v) is 8.97. The quantitative estimate of drug-likeness (QED) is 0.707. The van der Waals surface area contributed by atoms with Crippen LogP contribution in [-0.4, -0.2) is 18.8 Å². The number of amides is 1. The summed E-state index contributed by atoms with van der Waals surface area (Å²) in [6.45, 7) is 0. The van der Waals surface area contributed by atoms with Crippen molar-refractivity contribution in [2.75, 3.05) is 18.2 Å². The van der Waals surface area contributed by atoms with Crippen LogP contribution in [0.3, 0.4) is 0 Å². The van der Waals surface area contributed by atoms with Gasteiger partial charge in [0.15, 0.2) is 0 Å². The van der Waals surface area contributed by atoms with Crippen LogP contribution in [0.2, 0.25) is 5.02 Å². The van der Waals surface area contributed by atoms with Crippen LogP contribution in [0.25, 0.3) is 0 Å². The van der Waals surface area contributed by atoms with Crippen LogP contribution < -0.4 is 10.1 Å². The van der Waals surface area contributed by atoms with Gasteiger partial charge in [0, 0.05) is 20.8 Å². The lowest BCUT2D eigenvalue weighted by molar-refractivity contribution is -0.113. The van der Waals surface area contributed by atoms with Crippen molar-refractivity contribution in [2.45, 2.75) is 5.75 Å². The summed E-state index contributed by atoms with van der Waals surface area (Å²) in [5.41, 5.74) is 1.08. The molecule has 0 saturated heterocycles. The molecule has 0 aromatic heterocycles. The summed E-state index contributed by atoms with van der Waals surface area (Å²) in [4.78, 5) is 11.9. The van der Waals surface area contributed by atoms with E-state index in [0.717, 1.165) is 11.3 Å². The van der Waals surface area contributed by atoms with E-state index in [1.807, 2.05) is 0 Å². The standard InChI is InChI=1S/C16H14BrClFNO2S/c1-22-15-5-3-12(18)6-10(15)8-23-9-16(21)20-14-4-2-11(17)7-13(14)19/h2-7H,8-9H2,1H3,(H,20,21). The van der Waals surface area contributed by atoms with Crippen LogP contribution in [0, 0.1) is 5.82 Å². The first kappa shape index (κ1) is 18.1. The molecule has 0 atom stereocenters. The molecule has 2 aromatic rings. The van der Waals surface area contributed by atoms with Gasteiger partial charge in [0.25, 0.3) is 0 Å². The predicted octanol–water partition coefficient (Wildman–Crippen LogP) is 5.12. The Kier molecular flexibility index (Phi) is 6.74. The number of rotatable bonds is 6. The van der Waals surface area contributed by atoms with Crippen LogP contribution >= 0.6 is 39.3 Å². The molecule has 0 bridgehead atoms. The van der Waals surface area contributed by atoms with Crippen LogP contribution in [0.1, 0.15) is 5.56 Å². The highest BCUT2D eigenvalue weighted by Gasteiger charge is 2.09. The van der Waals surface area contributed by atoms with Crippen molar-refractivity contribution < 1.29 is 13.9 Å². The lowest BCUT2D eigenvalue weighted by Crippen LogP contribution is -2.15. The largest absolute Gasteiger partial charge is 0.496 e. The van der Waals surface area contributed by atoms with Gasteiger partial charge in [-0.1, -0.05) is 27.5 Å². The molecule has 122 valence electrons. The van der Waals surface area contributed by atoms with Crippen molar-refractivity contribution in [3.05, 3.63) is 57.3 Å². The number of methoxy groups -OCH3 is 1. The van der Waals surface area contributed by atoms with Gasteiger partial charge in [0.1, 0.15) is 11.6 Å². The highest BCUT2D eigenvalue weighted by atomic mass is 79.9. The molecule has 0 fully saturated rings. The maximum Gasteiger partial charge on any atom is 0.234 e. The van der Waals surface area contributed by atoms with Crippen molar-refractivity contribution in [2.24, 2.45) is 0 Å². The van der Waals surface area contributed by atoms with E-state index in [2.05, 4.69) is 21.2 Å². The molecule has 3 nitrogen and oxygen atoms in total. The lowest BCUT2D eigenvalue weighted by atomic mass is 10.2.